The Kier molecular flexibility index (Phi) is 6.28. The van der Waals surface area contributed by atoms with Crippen molar-refractivity contribution in [2.45, 2.75) is 31.3 Å². The molecule has 1 aliphatic rings. The molecule has 0 bridgehead atoms. The number of hydrogen-bond donors (Lipinski definition) is 0. The highest BCUT2D eigenvalue weighted by molar-refractivity contribution is 9.10. The van der Waals surface area contributed by atoms with Crippen LogP contribution in [0.15, 0.2) is 62.4 Å². The van der Waals surface area contributed by atoms with E-state index in [-0.39, 0.29) is 4.90 Å². The molecule has 5 rings (SSSR count). The minimum atomic E-state index is -3.86. The molecular formula is C23H25BrN6O3S. The summed E-state index contributed by atoms with van der Waals surface area (Å²) in [6.07, 6.45) is 1.52. The van der Waals surface area contributed by atoms with Gasteiger partial charge < -0.3 is 4.42 Å². The van der Waals surface area contributed by atoms with Gasteiger partial charge in [0.05, 0.1) is 28.7 Å². The van der Waals surface area contributed by atoms with Crippen molar-refractivity contribution >= 4 is 36.9 Å². The third-order valence-corrected chi connectivity index (χ3v) is 8.15. The van der Waals surface area contributed by atoms with Gasteiger partial charge in [-0.25, -0.2) is 0 Å². The zero-order valence-electron chi connectivity index (χ0n) is 18.9. The molecule has 178 valence electrons. The van der Waals surface area contributed by atoms with Crippen molar-refractivity contribution in [1.82, 2.24) is 29.2 Å². The highest BCUT2D eigenvalue weighted by Crippen LogP contribution is 2.33. The predicted octanol–water partition coefficient (Wildman–Crippen LogP) is 3.61. The van der Waals surface area contributed by atoms with Crippen LogP contribution in [-0.2, 0) is 16.6 Å². The molecule has 34 heavy (non-hydrogen) atoms. The molecule has 2 aromatic carbocycles. The van der Waals surface area contributed by atoms with Gasteiger partial charge in [-0.1, -0.05) is 34.1 Å². The molecule has 0 radical (unpaired) electrons. The van der Waals surface area contributed by atoms with E-state index in [0.717, 1.165) is 30.3 Å². The van der Waals surface area contributed by atoms with Crippen LogP contribution in [0.3, 0.4) is 0 Å². The van der Waals surface area contributed by atoms with Crippen LogP contribution in [0.4, 0.5) is 0 Å². The normalized spacial score (nSPS) is 16.0. The molecule has 0 N–H and O–H groups in total. The van der Waals surface area contributed by atoms with E-state index >= 15 is 0 Å². The Morgan fingerprint density at radius 1 is 1.06 bits per heavy atom. The number of fused-ring (bicyclic) bond motifs is 1. The van der Waals surface area contributed by atoms with E-state index in [0.29, 0.717) is 45.3 Å². The Morgan fingerprint density at radius 2 is 1.79 bits per heavy atom. The summed E-state index contributed by atoms with van der Waals surface area (Å²) in [5, 5.41) is 13.3. The lowest BCUT2D eigenvalue weighted by Gasteiger charge is -2.36. The van der Waals surface area contributed by atoms with E-state index in [9.17, 15) is 8.42 Å². The summed E-state index contributed by atoms with van der Waals surface area (Å²) in [4.78, 5) is 4.92. The van der Waals surface area contributed by atoms with Crippen molar-refractivity contribution in [1.29, 1.82) is 0 Å². The van der Waals surface area contributed by atoms with E-state index in [1.165, 1.54) is 6.20 Å². The largest absolute Gasteiger partial charge is 0.419 e. The maximum absolute atomic E-state index is 13.2. The van der Waals surface area contributed by atoms with Crippen LogP contribution >= 0.6 is 15.9 Å². The molecule has 1 fully saturated rings. The zero-order chi connectivity index (χ0) is 23.9. The fraction of sp³-hybridized carbons (Fsp3) is 0.348. The van der Waals surface area contributed by atoms with Crippen LogP contribution in [0.1, 0.15) is 19.7 Å². The molecular weight excluding hydrogens is 520 g/mol. The standard InChI is InChI=1S/C23H25BrN6O3S/c1-16(2)29-10-8-28(9-11-29)15-22-26-27-23(33-22)19-12-17(24)13-21-20(19)14-25-30(21)34(31,32)18-6-4-3-5-7-18/h3-7,12-14,16H,8-11,15H2,1-2H3. The lowest BCUT2D eigenvalue weighted by molar-refractivity contribution is 0.0979. The summed E-state index contributed by atoms with van der Waals surface area (Å²) in [6.45, 7) is 8.93. The summed E-state index contributed by atoms with van der Waals surface area (Å²) in [5.41, 5.74) is 1.06. The fourth-order valence-corrected chi connectivity index (χ4v) is 5.91. The Hall–Kier alpha value is -2.60. The van der Waals surface area contributed by atoms with Crippen LogP contribution in [0, 0.1) is 0 Å². The Balaban J connectivity index is 1.44. The summed E-state index contributed by atoms with van der Waals surface area (Å²) < 4.78 is 34.1. The van der Waals surface area contributed by atoms with Gasteiger partial charge in [-0.15, -0.1) is 10.2 Å². The van der Waals surface area contributed by atoms with Crippen LogP contribution < -0.4 is 0 Å². The van der Waals surface area contributed by atoms with Gasteiger partial charge in [0.2, 0.25) is 11.8 Å². The average Bonchev–Trinajstić information content (AvgIpc) is 3.47. The topological polar surface area (TPSA) is 97.4 Å². The lowest BCUT2D eigenvalue weighted by Crippen LogP contribution is -2.48. The number of nitrogens with zero attached hydrogens (tertiary/aromatic N) is 6. The molecule has 2 aromatic heterocycles. The summed E-state index contributed by atoms with van der Waals surface area (Å²) in [5.74, 6) is 0.865. The van der Waals surface area contributed by atoms with Crippen molar-refractivity contribution < 1.29 is 12.8 Å². The molecule has 0 saturated carbocycles. The van der Waals surface area contributed by atoms with Gasteiger partial charge in [-0.3, -0.25) is 9.80 Å². The molecule has 0 aliphatic carbocycles. The van der Waals surface area contributed by atoms with E-state index < -0.39 is 10.0 Å². The third kappa shape index (κ3) is 4.40. The second kappa shape index (κ2) is 9.21. The first-order valence-corrected chi connectivity index (χ1v) is 13.3. The average molecular weight is 545 g/mol. The Labute approximate surface area is 206 Å². The van der Waals surface area contributed by atoms with Crippen molar-refractivity contribution in [2.75, 3.05) is 26.2 Å². The van der Waals surface area contributed by atoms with Gasteiger partial charge in [0.25, 0.3) is 10.0 Å². The van der Waals surface area contributed by atoms with Gasteiger partial charge in [0.15, 0.2) is 0 Å². The SMILES string of the molecule is CC(C)N1CCN(Cc2nnc(-c3cc(Br)cc4c3cnn4S(=O)(=O)c3ccccc3)o2)CC1. The molecule has 9 nitrogen and oxygen atoms in total. The molecule has 1 saturated heterocycles. The number of rotatable bonds is 6. The van der Waals surface area contributed by atoms with E-state index in [1.54, 1.807) is 36.4 Å². The first kappa shape index (κ1) is 23.2. The molecule has 0 amide bonds. The molecule has 0 spiro atoms. The molecule has 0 unspecified atom stereocenters. The van der Waals surface area contributed by atoms with Crippen LogP contribution in [0.5, 0.6) is 0 Å². The first-order chi connectivity index (χ1) is 16.3. The number of piperazine rings is 1. The summed E-state index contributed by atoms with van der Waals surface area (Å²) in [7, 11) is -3.86. The minimum Gasteiger partial charge on any atom is -0.419 e. The van der Waals surface area contributed by atoms with Crippen LogP contribution in [0.25, 0.3) is 22.4 Å². The second-order valence-corrected chi connectivity index (χ2v) is 11.3. The van der Waals surface area contributed by atoms with Gasteiger partial charge in [-0.2, -0.15) is 17.6 Å². The highest BCUT2D eigenvalue weighted by atomic mass is 79.9. The minimum absolute atomic E-state index is 0.166. The Bertz CT molecular complexity index is 1410. The fourth-order valence-electron chi connectivity index (χ4n) is 4.19. The van der Waals surface area contributed by atoms with Crippen molar-refractivity contribution in [2.24, 2.45) is 0 Å². The highest BCUT2D eigenvalue weighted by Gasteiger charge is 2.24. The smallest absolute Gasteiger partial charge is 0.283 e. The predicted molar refractivity (Wildman–Crippen MR) is 132 cm³/mol. The number of benzene rings is 2. The first-order valence-electron chi connectivity index (χ1n) is 11.1. The summed E-state index contributed by atoms with van der Waals surface area (Å²) >= 11 is 3.49. The van der Waals surface area contributed by atoms with Crippen molar-refractivity contribution in [3.63, 3.8) is 0 Å². The van der Waals surface area contributed by atoms with Crippen molar-refractivity contribution in [3.8, 4) is 11.5 Å². The quantitative estimate of drug-likeness (QED) is 0.363. The molecule has 0 atom stereocenters. The Morgan fingerprint density at radius 3 is 2.50 bits per heavy atom. The van der Waals surface area contributed by atoms with E-state index in [2.05, 4.69) is 54.9 Å². The number of aromatic nitrogens is 4. The van der Waals surface area contributed by atoms with E-state index in [4.69, 9.17) is 4.42 Å². The number of halogens is 1. The lowest BCUT2D eigenvalue weighted by atomic mass is 10.1. The summed E-state index contributed by atoms with van der Waals surface area (Å²) in [6, 6.07) is 12.3. The third-order valence-electron chi connectivity index (χ3n) is 6.08. The van der Waals surface area contributed by atoms with Gasteiger partial charge >= 0.3 is 0 Å². The maximum Gasteiger partial charge on any atom is 0.283 e. The van der Waals surface area contributed by atoms with Gasteiger partial charge in [0, 0.05) is 42.1 Å². The van der Waals surface area contributed by atoms with Gasteiger partial charge in [0.1, 0.15) is 0 Å². The molecule has 3 heterocycles. The second-order valence-electron chi connectivity index (χ2n) is 8.60. The maximum atomic E-state index is 13.2. The molecule has 1 aliphatic heterocycles. The molecule has 4 aromatic rings. The van der Waals surface area contributed by atoms with E-state index in [1.807, 2.05) is 6.07 Å². The molecule has 11 heteroatoms. The zero-order valence-corrected chi connectivity index (χ0v) is 21.3. The van der Waals surface area contributed by atoms with Crippen LogP contribution in [0.2, 0.25) is 0 Å². The van der Waals surface area contributed by atoms with Crippen molar-refractivity contribution in [3.05, 3.63) is 59.0 Å². The monoisotopic (exact) mass is 544 g/mol. The number of hydrogen-bond acceptors (Lipinski definition) is 8. The van der Waals surface area contributed by atoms with Gasteiger partial charge in [-0.05, 0) is 38.1 Å². The van der Waals surface area contributed by atoms with Crippen LogP contribution in [-0.4, -0.2) is 69.8 Å².